The molecule has 2 unspecified atom stereocenters. The molecule has 1 aliphatic heterocycles. The Morgan fingerprint density at radius 3 is 3.07 bits per heavy atom. The average Bonchev–Trinajstić information content (AvgIpc) is 2.43. The lowest BCUT2D eigenvalue weighted by Gasteiger charge is -2.36. The van der Waals surface area contributed by atoms with E-state index in [2.05, 4.69) is 11.8 Å². The molecule has 1 aliphatic carbocycles. The van der Waals surface area contributed by atoms with Crippen LogP contribution in [0, 0.1) is 0 Å². The second-order valence-corrected chi connectivity index (χ2v) is 4.80. The molecular weight excluding hydrogens is 190 g/mol. The van der Waals surface area contributed by atoms with Crippen LogP contribution in [0.15, 0.2) is 0 Å². The molecule has 0 spiro atoms. The summed E-state index contributed by atoms with van der Waals surface area (Å²) in [5.74, 6) is 0.448. The lowest BCUT2D eigenvalue weighted by molar-refractivity contribution is -0.122. The molecule has 1 saturated carbocycles. The van der Waals surface area contributed by atoms with Crippen molar-refractivity contribution in [1.29, 1.82) is 0 Å². The molecule has 1 heterocycles. The monoisotopic (exact) mass is 211 g/mol. The van der Waals surface area contributed by atoms with Gasteiger partial charge in [-0.15, -0.1) is 0 Å². The Bertz CT molecular complexity index is 230. The average molecular weight is 211 g/mol. The first-order valence-corrected chi connectivity index (χ1v) is 6.12. The van der Waals surface area contributed by atoms with Gasteiger partial charge in [-0.1, -0.05) is 0 Å². The second-order valence-electron chi connectivity index (χ2n) is 4.80. The summed E-state index contributed by atoms with van der Waals surface area (Å²) in [7, 11) is 0. The van der Waals surface area contributed by atoms with Gasteiger partial charge in [-0.05, 0) is 26.2 Å². The summed E-state index contributed by atoms with van der Waals surface area (Å²) in [6, 6.07) is 0.964. The Morgan fingerprint density at radius 2 is 2.27 bits per heavy atom. The summed E-state index contributed by atoms with van der Waals surface area (Å²) in [6.45, 7) is 5.01. The van der Waals surface area contributed by atoms with Crippen molar-refractivity contribution in [3.05, 3.63) is 0 Å². The number of carbonyl (C=O) groups excluding carboxylic acids is 1. The van der Waals surface area contributed by atoms with E-state index in [0.29, 0.717) is 17.9 Å². The minimum absolute atomic E-state index is 0.448. The van der Waals surface area contributed by atoms with Gasteiger partial charge in [0.05, 0.1) is 6.61 Å². The highest BCUT2D eigenvalue weighted by molar-refractivity contribution is 5.79. The second kappa shape index (κ2) is 5.08. The quantitative estimate of drug-likeness (QED) is 0.660. The molecule has 0 amide bonds. The zero-order valence-electron chi connectivity index (χ0n) is 9.58. The number of ketones is 1. The summed E-state index contributed by atoms with van der Waals surface area (Å²) < 4.78 is 5.53. The Morgan fingerprint density at radius 1 is 1.40 bits per heavy atom. The largest absolute Gasteiger partial charge is 0.380 e. The van der Waals surface area contributed by atoms with Crippen LogP contribution in [-0.2, 0) is 9.53 Å². The number of Topliss-reactive ketones (excluding diaryl/α,β-unsaturated/α-hetero) is 1. The maximum atomic E-state index is 11.5. The van der Waals surface area contributed by atoms with Crippen LogP contribution in [-0.4, -0.2) is 42.5 Å². The van der Waals surface area contributed by atoms with Crippen LogP contribution in [0.2, 0.25) is 0 Å². The third kappa shape index (κ3) is 2.79. The van der Waals surface area contributed by atoms with E-state index in [1.165, 1.54) is 6.42 Å². The number of rotatable bonds is 1. The van der Waals surface area contributed by atoms with Gasteiger partial charge >= 0.3 is 0 Å². The smallest absolute Gasteiger partial charge is 0.134 e. The Kier molecular flexibility index (Phi) is 3.76. The van der Waals surface area contributed by atoms with E-state index in [4.69, 9.17) is 4.74 Å². The first-order chi connectivity index (χ1) is 7.27. The molecule has 2 atom stereocenters. The van der Waals surface area contributed by atoms with Crippen LogP contribution in [0.1, 0.15) is 39.0 Å². The Balaban J connectivity index is 1.96. The maximum Gasteiger partial charge on any atom is 0.134 e. The van der Waals surface area contributed by atoms with Crippen molar-refractivity contribution in [2.24, 2.45) is 0 Å². The van der Waals surface area contributed by atoms with Crippen LogP contribution in [0.4, 0.5) is 0 Å². The molecule has 0 bridgehead atoms. The topological polar surface area (TPSA) is 29.5 Å². The van der Waals surface area contributed by atoms with Gasteiger partial charge in [0, 0.05) is 38.1 Å². The maximum absolute atomic E-state index is 11.5. The van der Waals surface area contributed by atoms with Gasteiger partial charge in [0.15, 0.2) is 0 Å². The van der Waals surface area contributed by atoms with E-state index in [9.17, 15) is 4.79 Å². The van der Waals surface area contributed by atoms with Gasteiger partial charge in [0.25, 0.3) is 0 Å². The van der Waals surface area contributed by atoms with Gasteiger partial charge in [0.2, 0.25) is 0 Å². The first kappa shape index (κ1) is 11.1. The third-order valence-corrected chi connectivity index (χ3v) is 3.56. The molecular formula is C12H21NO2. The van der Waals surface area contributed by atoms with E-state index < -0.39 is 0 Å². The molecule has 0 N–H and O–H groups in total. The van der Waals surface area contributed by atoms with Crippen molar-refractivity contribution >= 4 is 5.78 Å². The summed E-state index contributed by atoms with van der Waals surface area (Å²) in [4.78, 5) is 13.9. The molecule has 0 aromatic carbocycles. The lowest BCUT2D eigenvalue weighted by Crippen LogP contribution is -2.45. The molecule has 2 fully saturated rings. The highest BCUT2D eigenvalue weighted by Gasteiger charge is 2.29. The van der Waals surface area contributed by atoms with E-state index in [0.717, 1.165) is 45.4 Å². The van der Waals surface area contributed by atoms with Gasteiger partial charge in [-0.2, -0.15) is 0 Å². The number of nitrogens with zero attached hydrogens (tertiary/aromatic N) is 1. The highest BCUT2D eigenvalue weighted by atomic mass is 16.5. The zero-order valence-corrected chi connectivity index (χ0v) is 9.58. The summed E-state index contributed by atoms with van der Waals surface area (Å²) >= 11 is 0. The van der Waals surface area contributed by atoms with Crippen molar-refractivity contribution < 1.29 is 9.53 Å². The molecule has 0 aromatic rings. The molecule has 3 heteroatoms. The predicted octanol–water partition coefficient (Wildman–Crippen LogP) is 1.61. The van der Waals surface area contributed by atoms with Gasteiger partial charge in [-0.25, -0.2) is 0 Å². The first-order valence-electron chi connectivity index (χ1n) is 6.12. The molecule has 1 saturated heterocycles. The fourth-order valence-electron chi connectivity index (χ4n) is 2.75. The number of hydrogen-bond acceptors (Lipinski definition) is 3. The molecule has 86 valence electrons. The van der Waals surface area contributed by atoms with Gasteiger partial charge < -0.3 is 4.74 Å². The van der Waals surface area contributed by atoms with Crippen molar-refractivity contribution in [3.63, 3.8) is 0 Å². The number of carbonyl (C=O) groups is 1. The van der Waals surface area contributed by atoms with Crippen LogP contribution in [0.5, 0.6) is 0 Å². The van der Waals surface area contributed by atoms with Crippen molar-refractivity contribution in [3.8, 4) is 0 Å². The van der Waals surface area contributed by atoms with Crippen LogP contribution in [0.25, 0.3) is 0 Å². The fourth-order valence-corrected chi connectivity index (χ4v) is 2.75. The fraction of sp³-hybridized carbons (Fsp3) is 0.917. The molecule has 0 aromatic heterocycles. The minimum atomic E-state index is 0.448. The molecule has 15 heavy (non-hydrogen) atoms. The van der Waals surface area contributed by atoms with Gasteiger partial charge in [-0.3, -0.25) is 9.69 Å². The van der Waals surface area contributed by atoms with Crippen molar-refractivity contribution in [2.45, 2.75) is 51.1 Å². The summed E-state index contributed by atoms with van der Waals surface area (Å²) in [6.07, 6.45) is 4.94. The summed E-state index contributed by atoms with van der Waals surface area (Å²) in [5.41, 5.74) is 0. The molecule has 3 nitrogen and oxygen atoms in total. The predicted molar refractivity (Wildman–Crippen MR) is 58.9 cm³/mol. The van der Waals surface area contributed by atoms with Crippen molar-refractivity contribution in [2.75, 3.05) is 19.8 Å². The lowest BCUT2D eigenvalue weighted by atomic mass is 9.92. The highest BCUT2D eigenvalue weighted by Crippen LogP contribution is 2.23. The number of hydrogen-bond donors (Lipinski definition) is 0. The van der Waals surface area contributed by atoms with Gasteiger partial charge in [0.1, 0.15) is 5.78 Å². The normalized spacial score (nSPS) is 35.1. The van der Waals surface area contributed by atoms with Crippen LogP contribution >= 0.6 is 0 Å². The Hall–Kier alpha value is -0.410. The molecule has 2 rings (SSSR count). The zero-order chi connectivity index (χ0) is 10.7. The van der Waals surface area contributed by atoms with E-state index >= 15 is 0 Å². The number of ether oxygens (including phenoxy) is 1. The minimum Gasteiger partial charge on any atom is -0.380 e. The Labute approximate surface area is 91.8 Å². The van der Waals surface area contributed by atoms with Crippen LogP contribution in [0.3, 0.4) is 0 Å². The molecule has 2 aliphatic rings. The van der Waals surface area contributed by atoms with E-state index in [-0.39, 0.29) is 0 Å². The van der Waals surface area contributed by atoms with E-state index in [1.54, 1.807) is 0 Å². The van der Waals surface area contributed by atoms with Crippen LogP contribution < -0.4 is 0 Å². The third-order valence-electron chi connectivity index (χ3n) is 3.56. The van der Waals surface area contributed by atoms with Crippen molar-refractivity contribution in [1.82, 2.24) is 4.90 Å². The van der Waals surface area contributed by atoms with E-state index in [1.807, 2.05) is 0 Å². The molecule has 0 radical (unpaired) electrons. The SMILES string of the molecule is CC1COCCCN1C1CCCC(=O)C1. The standard InChI is InChI=1S/C12H21NO2/c1-10-9-15-7-3-6-13(10)11-4-2-5-12(14)8-11/h10-11H,2-9H2,1H3. The summed E-state index contributed by atoms with van der Waals surface area (Å²) in [5, 5.41) is 0.